The number of aliphatic hydroxyl groups excluding tert-OH is 4. The summed E-state index contributed by atoms with van der Waals surface area (Å²) in [7, 11) is 0. The van der Waals surface area contributed by atoms with Crippen LogP contribution in [-0.4, -0.2) is 90.0 Å². The molecule has 0 radical (unpaired) electrons. The number of rotatable bonds is 15. The van der Waals surface area contributed by atoms with Crippen LogP contribution in [0.15, 0.2) is 48.7 Å². The third kappa shape index (κ3) is 8.17. The minimum atomic E-state index is -1.83. The largest absolute Gasteiger partial charge is 0.449 e. The summed E-state index contributed by atoms with van der Waals surface area (Å²) in [5.74, 6) is -1.89. The molecule has 200 valence electrons. The minimum Gasteiger partial charge on any atom is -0.449 e. The zero-order chi connectivity index (χ0) is 26.6. The van der Waals surface area contributed by atoms with Crippen LogP contribution in [0.25, 0.3) is 12.2 Å². The monoisotopic (exact) mass is 515 g/mol. The summed E-state index contributed by atoms with van der Waals surface area (Å²) in [4.78, 5) is 24.8. The quantitative estimate of drug-likeness (QED) is 0.111. The van der Waals surface area contributed by atoms with E-state index >= 15 is 0 Å². The molecule has 4 N–H and O–H groups in total. The number of carbonyl (C=O) groups is 2. The van der Waals surface area contributed by atoms with Crippen LogP contribution in [0.3, 0.4) is 0 Å². The maximum absolute atomic E-state index is 11.7. The average Bonchev–Trinajstić information content (AvgIpc) is 3.17. The van der Waals surface area contributed by atoms with Gasteiger partial charge in [0.25, 0.3) is 0 Å². The molecule has 3 unspecified atom stereocenters. The smallest absolute Gasteiger partial charge is 0.343 e. The van der Waals surface area contributed by atoms with Gasteiger partial charge in [-0.15, -0.1) is 0 Å². The van der Waals surface area contributed by atoms with Gasteiger partial charge in [0, 0.05) is 50.0 Å². The van der Waals surface area contributed by atoms with Crippen LogP contribution < -0.4 is 9.47 Å². The summed E-state index contributed by atoms with van der Waals surface area (Å²) < 4.78 is 12.2. The van der Waals surface area contributed by atoms with Crippen LogP contribution >= 0.6 is 0 Å². The van der Waals surface area contributed by atoms with E-state index in [0.29, 0.717) is 19.7 Å². The van der Waals surface area contributed by atoms with Crippen LogP contribution in [0, 0.1) is 0 Å². The van der Waals surface area contributed by atoms with E-state index in [0.717, 1.165) is 36.3 Å². The van der Waals surface area contributed by atoms with Crippen LogP contribution in [0.4, 0.5) is 5.69 Å². The van der Waals surface area contributed by atoms with Crippen LogP contribution in [0.2, 0.25) is 0 Å². The molecule has 0 saturated carbocycles. The molecule has 2 aromatic rings. The van der Waals surface area contributed by atoms with Gasteiger partial charge in [-0.1, -0.05) is 12.1 Å². The van der Waals surface area contributed by atoms with Crippen molar-refractivity contribution in [2.75, 3.05) is 44.4 Å². The number of Topliss-reactive ketones (excluding diaryl/α,β-unsaturated/α-hetero) is 1. The minimum absolute atomic E-state index is 0.0212. The third-order valence-electron chi connectivity index (χ3n) is 6.01. The Labute approximate surface area is 216 Å². The highest BCUT2D eigenvalue weighted by Gasteiger charge is 2.45. The maximum Gasteiger partial charge on any atom is 0.343 e. The SMILES string of the molecule is O=C1OC(C(O)COCCCC[n+]2ccccc2C=Cc2ccc(N(CCO)CCO)cc2)C(=O)C1O. The van der Waals surface area contributed by atoms with Gasteiger partial charge >= 0.3 is 5.97 Å². The van der Waals surface area contributed by atoms with Crippen molar-refractivity contribution in [3.05, 3.63) is 59.9 Å². The van der Waals surface area contributed by atoms with E-state index in [-0.39, 0.29) is 19.8 Å². The van der Waals surface area contributed by atoms with Gasteiger partial charge in [0.05, 0.1) is 19.8 Å². The topological polar surface area (TPSA) is 141 Å². The molecule has 10 heteroatoms. The fourth-order valence-corrected chi connectivity index (χ4v) is 4.00. The van der Waals surface area contributed by atoms with Gasteiger partial charge in [-0.25, -0.2) is 4.79 Å². The highest BCUT2D eigenvalue weighted by molar-refractivity contribution is 6.09. The molecular formula is C27H35N2O8+. The summed E-state index contributed by atoms with van der Waals surface area (Å²) in [5, 5.41) is 37.8. The molecule has 0 bridgehead atoms. The Balaban J connectivity index is 1.44. The third-order valence-corrected chi connectivity index (χ3v) is 6.01. The van der Waals surface area contributed by atoms with E-state index in [1.807, 2.05) is 65.7 Å². The molecule has 0 aliphatic carbocycles. The summed E-state index contributed by atoms with van der Waals surface area (Å²) in [6.07, 6.45) is 3.08. The lowest BCUT2D eigenvalue weighted by Crippen LogP contribution is -2.38. The number of anilines is 1. The first kappa shape index (κ1) is 28.4. The maximum atomic E-state index is 11.7. The van der Waals surface area contributed by atoms with E-state index < -0.39 is 30.1 Å². The summed E-state index contributed by atoms with van der Waals surface area (Å²) in [6.45, 7) is 1.92. The molecule has 1 fully saturated rings. The number of nitrogens with zero attached hydrogens (tertiary/aromatic N) is 2. The number of aryl methyl sites for hydroxylation is 1. The second kappa shape index (κ2) is 14.6. The van der Waals surface area contributed by atoms with Crippen molar-refractivity contribution in [1.82, 2.24) is 0 Å². The fraction of sp³-hybridized carbons (Fsp3) is 0.444. The van der Waals surface area contributed by atoms with Crippen molar-refractivity contribution in [2.45, 2.75) is 37.7 Å². The Morgan fingerprint density at radius 2 is 1.76 bits per heavy atom. The number of aromatic nitrogens is 1. The number of benzene rings is 1. The number of hydrogen-bond acceptors (Lipinski definition) is 9. The molecule has 37 heavy (non-hydrogen) atoms. The zero-order valence-corrected chi connectivity index (χ0v) is 20.7. The van der Waals surface area contributed by atoms with Gasteiger partial charge in [0.15, 0.2) is 12.3 Å². The average molecular weight is 516 g/mol. The highest BCUT2D eigenvalue weighted by atomic mass is 16.6. The Kier molecular flexibility index (Phi) is 11.2. The molecule has 0 spiro atoms. The highest BCUT2D eigenvalue weighted by Crippen LogP contribution is 2.17. The molecule has 1 aromatic carbocycles. The van der Waals surface area contributed by atoms with Gasteiger partial charge in [-0.2, -0.15) is 4.57 Å². The molecule has 1 aliphatic rings. The van der Waals surface area contributed by atoms with Crippen LogP contribution in [0.1, 0.15) is 24.1 Å². The molecule has 0 amide bonds. The van der Waals surface area contributed by atoms with Crippen molar-refractivity contribution in [3.8, 4) is 0 Å². The molecule has 1 aromatic heterocycles. The van der Waals surface area contributed by atoms with Gasteiger partial charge in [0.1, 0.15) is 12.6 Å². The Bertz CT molecular complexity index is 1040. The molecule has 3 rings (SSSR count). The van der Waals surface area contributed by atoms with E-state index in [4.69, 9.17) is 4.74 Å². The Morgan fingerprint density at radius 3 is 2.41 bits per heavy atom. The van der Waals surface area contributed by atoms with Crippen molar-refractivity contribution in [3.63, 3.8) is 0 Å². The summed E-state index contributed by atoms with van der Waals surface area (Å²) >= 11 is 0. The molecule has 1 saturated heterocycles. The first-order chi connectivity index (χ1) is 17.9. The van der Waals surface area contributed by atoms with Crippen molar-refractivity contribution in [2.24, 2.45) is 0 Å². The standard InChI is InChI=1S/C27H35N2O8/c30-16-14-29(15-17-31)22-10-7-20(8-11-22)6-9-21-5-1-2-12-28(21)13-3-4-18-36-19-23(32)26-24(33)25(34)27(35)37-26/h1-2,5-12,23,25-26,30-32,34H,3-4,13-19H2/q+1. The number of carbonyl (C=O) groups excluding carboxylic acids is 2. The first-order valence-corrected chi connectivity index (χ1v) is 12.4. The number of ketones is 1. The lowest BCUT2D eigenvalue weighted by molar-refractivity contribution is -0.699. The van der Waals surface area contributed by atoms with E-state index in [1.165, 1.54) is 0 Å². The molecule has 10 nitrogen and oxygen atoms in total. The predicted molar refractivity (Wildman–Crippen MR) is 135 cm³/mol. The number of esters is 1. The predicted octanol–water partition coefficient (Wildman–Crippen LogP) is -0.0514. The van der Waals surface area contributed by atoms with Crippen LogP contribution in [0.5, 0.6) is 0 Å². The Morgan fingerprint density at radius 1 is 1.03 bits per heavy atom. The lowest BCUT2D eigenvalue weighted by atomic mass is 10.1. The molecular weight excluding hydrogens is 480 g/mol. The van der Waals surface area contributed by atoms with Crippen molar-refractivity contribution >= 4 is 29.6 Å². The number of aliphatic hydroxyl groups is 4. The second-order valence-corrected chi connectivity index (χ2v) is 8.69. The van der Waals surface area contributed by atoms with Gasteiger partial charge in [-0.3, -0.25) is 4.79 Å². The van der Waals surface area contributed by atoms with E-state index in [2.05, 4.69) is 9.30 Å². The zero-order valence-electron chi connectivity index (χ0n) is 20.7. The number of hydrogen-bond donors (Lipinski definition) is 4. The number of cyclic esters (lactones) is 1. The number of unbranched alkanes of at least 4 members (excludes halogenated alkanes) is 1. The summed E-state index contributed by atoms with van der Waals surface area (Å²) in [5.41, 5.74) is 3.00. The fourth-order valence-electron chi connectivity index (χ4n) is 4.00. The van der Waals surface area contributed by atoms with Crippen molar-refractivity contribution in [1.29, 1.82) is 0 Å². The lowest BCUT2D eigenvalue weighted by Gasteiger charge is -2.22. The number of ether oxygens (including phenoxy) is 2. The van der Waals surface area contributed by atoms with Gasteiger partial charge < -0.3 is 34.8 Å². The van der Waals surface area contributed by atoms with Gasteiger partial charge in [0.2, 0.25) is 17.6 Å². The Hall–Kier alpha value is -3.15. The normalized spacial score (nSPS) is 18.4. The van der Waals surface area contributed by atoms with E-state index in [9.17, 15) is 30.0 Å². The van der Waals surface area contributed by atoms with Crippen molar-refractivity contribution < 1.29 is 44.1 Å². The van der Waals surface area contributed by atoms with Gasteiger partial charge in [-0.05, 0) is 36.3 Å². The second-order valence-electron chi connectivity index (χ2n) is 8.69. The van der Waals surface area contributed by atoms with Crippen LogP contribution in [-0.2, 0) is 25.6 Å². The molecule has 1 aliphatic heterocycles. The van der Waals surface area contributed by atoms with E-state index in [1.54, 1.807) is 0 Å². The molecule has 2 heterocycles. The summed E-state index contributed by atoms with van der Waals surface area (Å²) in [6, 6.07) is 13.9. The molecule has 3 atom stereocenters. The number of pyridine rings is 1. The first-order valence-electron chi connectivity index (χ1n) is 12.4.